The predicted octanol–water partition coefficient (Wildman–Crippen LogP) is 2.82. The Bertz CT molecular complexity index is 964. The minimum absolute atomic E-state index is 0.129. The van der Waals surface area contributed by atoms with Gasteiger partial charge in [0.25, 0.3) is 10.0 Å². The lowest BCUT2D eigenvalue weighted by Crippen LogP contribution is -2.15. The van der Waals surface area contributed by atoms with Gasteiger partial charge in [-0.25, -0.2) is 4.39 Å². The van der Waals surface area contributed by atoms with Gasteiger partial charge in [-0.3, -0.25) is 0 Å². The fourth-order valence-corrected chi connectivity index (χ4v) is 4.63. The molecule has 0 atom stereocenters. The standard InChI is InChI=1S/C15H16FN3O2S2/c1-9(2)14-10(3)19(4)15(22-14)18-23(20,21)13-7-12(16)6-5-11(13)8-17/h5-7,9H,1-4H3/b18-15-. The van der Waals surface area contributed by atoms with Gasteiger partial charge in [0.15, 0.2) is 0 Å². The lowest BCUT2D eigenvalue weighted by molar-refractivity contribution is 0.590. The van der Waals surface area contributed by atoms with Gasteiger partial charge in [-0.15, -0.1) is 15.7 Å². The highest BCUT2D eigenvalue weighted by atomic mass is 32.2. The average molecular weight is 353 g/mol. The lowest BCUT2D eigenvalue weighted by atomic mass is 10.1. The third-order valence-electron chi connectivity index (χ3n) is 3.41. The van der Waals surface area contributed by atoms with Crippen molar-refractivity contribution in [3.8, 4) is 6.07 Å². The van der Waals surface area contributed by atoms with Gasteiger partial charge in [0.1, 0.15) is 16.8 Å². The first kappa shape index (κ1) is 17.4. The van der Waals surface area contributed by atoms with Crippen LogP contribution in [0.3, 0.4) is 0 Å². The molecule has 122 valence electrons. The molecule has 0 unspecified atom stereocenters. The summed E-state index contributed by atoms with van der Waals surface area (Å²) in [4.78, 5) is 0.901. The number of benzene rings is 1. The molecule has 0 spiro atoms. The van der Waals surface area contributed by atoms with Crippen LogP contribution in [-0.2, 0) is 17.1 Å². The van der Waals surface area contributed by atoms with Crippen LogP contribution in [0.15, 0.2) is 27.5 Å². The van der Waals surface area contributed by atoms with Crippen LogP contribution in [0.25, 0.3) is 0 Å². The SMILES string of the molecule is Cc1c(C(C)C)s/c(=N\S(=O)(=O)c2cc(F)ccc2C#N)n1C. The number of hydrogen-bond donors (Lipinski definition) is 0. The largest absolute Gasteiger partial charge is 0.323 e. The summed E-state index contributed by atoms with van der Waals surface area (Å²) >= 11 is 1.27. The average Bonchev–Trinajstić information content (AvgIpc) is 2.75. The van der Waals surface area contributed by atoms with Gasteiger partial charge in [-0.1, -0.05) is 13.8 Å². The molecule has 0 saturated heterocycles. The van der Waals surface area contributed by atoms with E-state index in [1.54, 1.807) is 17.7 Å². The number of hydrogen-bond acceptors (Lipinski definition) is 4. The van der Waals surface area contributed by atoms with E-state index in [1.165, 1.54) is 11.3 Å². The molecule has 1 heterocycles. The second-order valence-corrected chi connectivity index (χ2v) is 7.95. The van der Waals surface area contributed by atoms with E-state index < -0.39 is 20.7 Å². The molecule has 0 saturated carbocycles. The third kappa shape index (κ3) is 3.35. The fourth-order valence-electron chi connectivity index (χ4n) is 2.12. The maximum Gasteiger partial charge on any atom is 0.286 e. The minimum atomic E-state index is -4.18. The van der Waals surface area contributed by atoms with Crippen molar-refractivity contribution < 1.29 is 12.8 Å². The second-order valence-electron chi connectivity index (χ2n) is 5.37. The summed E-state index contributed by atoms with van der Waals surface area (Å²) in [6.45, 7) is 5.91. The van der Waals surface area contributed by atoms with Crippen LogP contribution in [0.5, 0.6) is 0 Å². The Kier molecular flexibility index (Phi) is 4.73. The summed E-state index contributed by atoms with van der Waals surface area (Å²) in [5.41, 5.74) is 0.800. The molecule has 0 radical (unpaired) electrons. The molecule has 0 aliphatic rings. The summed E-state index contributed by atoms with van der Waals surface area (Å²) in [7, 11) is -2.45. The van der Waals surface area contributed by atoms with Crippen LogP contribution in [-0.4, -0.2) is 13.0 Å². The first-order valence-electron chi connectivity index (χ1n) is 6.84. The number of nitriles is 1. The van der Waals surface area contributed by atoms with Crippen molar-refractivity contribution in [1.29, 1.82) is 5.26 Å². The summed E-state index contributed by atoms with van der Waals surface area (Å²) in [6, 6.07) is 4.76. The Balaban J connectivity index is 2.71. The van der Waals surface area contributed by atoms with Crippen LogP contribution >= 0.6 is 11.3 Å². The van der Waals surface area contributed by atoms with Crippen LogP contribution < -0.4 is 4.80 Å². The Morgan fingerprint density at radius 2 is 2.04 bits per heavy atom. The van der Waals surface area contributed by atoms with Gasteiger partial charge >= 0.3 is 0 Å². The van der Waals surface area contributed by atoms with Gasteiger partial charge in [0, 0.05) is 17.6 Å². The monoisotopic (exact) mass is 353 g/mol. The quantitative estimate of drug-likeness (QED) is 0.851. The van der Waals surface area contributed by atoms with Crippen molar-refractivity contribution in [3.05, 3.63) is 45.0 Å². The summed E-state index contributed by atoms with van der Waals surface area (Å²) < 4.78 is 43.9. The molecule has 1 aromatic carbocycles. The fraction of sp³-hybridized carbons (Fsp3) is 0.333. The van der Waals surface area contributed by atoms with E-state index in [0.717, 1.165) is 28.8 Å². The summed E-state index contributed by atoms with van der Waals surface area (Å²) in [6.07, 6.45) is 0. The molecule has 1 aromatic heterocycles. The summed E-state index contributed by atoms with van der Waals surface area (Å²) in [5.74, 6) is -0.492. The first-order valence-corrected chi connectivity index (χ1v) is 9.10. The van der Waals surface area contributed by atoms with Gasteiger partial charge in [-0.05, 0) is 31.0 Å². The molecule has 0 aliphatic carbocycles. The molecule has 23 heavy (non-hydrogen) atoms. The molecule has 0 fully saturated rings. The molecule has 0 N–H and O–H groups in total. The highest BCUT2D eigenvalue weighted by Gasteiger charge is 2.20. The number of nitrogens with zero attached hydrogens (tertiary/aromatic N) is 3. The van der Waals surface area contributed by atoms with E-state index in [0.29, 0.717) is 4.80 Å². The van der Waals surface area contributed by atoms with Gasteiger partial charge in [-0.2, -0.15) is 13.7 Å². The third-order valence-corrected chi connectivity index (χ3v) is 6.37. The van der Waals surface area contributed by atoms with Crippen LogP contribution in [0.1, 0.15) is 35.9 Å². The van der Waals surface area contributed by atoms with Crippen LogP contribution in [0, 0.1) is 24.1 Å². The second kappa shape index (κ2) is 6.26. The van der Waals surface area contributed by atoms with E-state index >= 15 is 0 Å². The maximum atomic E-state index is 13.4. The zero-order chi connectivity index (χ0) is 17.4. The molecule has 2 rings (SSSR count). The molecule has 0 amide bonds. The zero-order valence-electron chi connectivity index (χ0n) is 13.2. The highest BCUT2D eigenvalue weighted by Crippen LogP contribution is 2.23. The van der Waals surface area contributed by atoms with Gasteiger partial charge < -0.3 is 4.57 Å². The zero-order valence-corrected chi connectivity index (χ0v) is 14.8. The van der Waals surface area contributed by atoms with Crippen molar-refractivity contribution in [2.24, 2.45) is 11.4 Å². The molecule has 8 heteroatoms. The Morgan fingerprint density at radius 3 is 2.57 bits per heavy atom. The highest BCUT2D eigenvalue weighted by molar-refractivity contribution is 7.90. The van der Waals surface area contributed by atoms with Crippen molar-refractivity contribution in [3.63, 3.8) is 0 Å². The Morgan fingerprint density at radius 1 is 1.39 bits per heavy atom. The van der Waals surface area contributed by atoms with E-state index in [1.807, 2.05) is 20.8 Å². The number of aromatic nitrogens is 1. The smallest absolute Gasteiger partial charge is 0.286 e. The maximum absolute atomic E-state index is 13.4. The molecule has 0 bridgehead atoms. The number of rotatable bonds is 3. The van der Waals surface area contributed by atoms with Crippen LogP contribution in [0.4, 0.5) is 4.39 Å². The van der Waals surface area contributed by atoms with Crippen molar-refractivity contribution in [2.45, 2.75) is 31.6 Å². The number of sulfonamides is 1. The van der Waals surface area contributed by atoms with Gasteiger partial charge in [0.2, 0.25) is 4.80 Å². The summed E-state index contributed by atoms with van der Waals surface area (Å²) in [5, 5.41) is 9.03. The number of thiazole rings is 1. The molecule has 5 nitrogen and oxygen atoms in total. The lowest BCUT2D eigenvalue weighted by Gasteiger charge is -2.02. The topological polar surface area (TPSA) is 75.2 Å². The molecule has 0 aliphatic heterocycles. The molecular weight excluding hydrogens is 337 g/mol. The van der Waals surface area contributed by atoms with Crippen LogP contribution in [0.2, 0.25) is 0 Å². The van der Waals surface area contributed by atoms with E-state index in [9.17, 15) is 12.8 Å². The van der Waals surface area contributed by atoms with E-state index in [-0.39, 0.29) is 11.5 Å². The van der Waals surface area contributed by atoms with Crippen molar-refractivity contribution >= 4 is 21.4 Å². The van der Waals surface area contributed by atoms with Crippen molar-refractivity contribution in [1.82, 2.24) is 4.57 Å². The Labute approximate surface area is 138 Å². The normalized spacial score (nSPS) is 12.7. The molecule has 2 aromatic rings. The minimum Gasteiger partial charge on any atom is -0.323 e. The molecular formula is C15H16FN3O2S2. The van der Waals surface area contributed by atoms with Gasteiger partial charge in [0.05, 0.1) is 5.56 Å². The first-order chi connectivity index (χ1) is 10.7. The predicted molar refractivity (Wildman–Crippen MR) is 86.0 cm³/mol. The van der Waals surface area contributed by atoms with E-state index in [4.69, 9.17) is 5.26 Å². The van der Waals surface area contributed by atoms with Crippen molar-refractivity contribution in [2.75, 3.05) is 0 Å². The number of halogens is 1. The Hall–Kier alpha value is -1.98. The van der Waals surface area contributed by atoms with E-state index in [2.05, 4.69) is 4.40 Å².